The summed E-state index contributed by atoms with van der Waals surface area (Å²) in [6, 6.07) is 0. The second kappa shape index (κ2) is 1.99. The van der Waals surface area contributed by atoms with E-state index in [-0.39, 0.29) is 5.97 Å². The lowest BCUT2D eigenvalue weighted by molar-refractivity contribution is -0.134. The van der Waals surface area contributed by atoms with Crippen molar-refractivity contribution in [2.75, 3.05) is 6.61 Å². The van der Waals surface area contributed by atoms with E-state index in [1.54, 1.807) is 6.08 Å². The zero-order chi connectivity index (χ0) is 5.98. The molecule has 0 aromatic heterocycles. The SMILES string of the molecule is CCC1=CC(=O)OC1. The molecule has 0 saturated carbocycles. The van der Waals surface area contributed by atoms with Gasteiger partial charge in [0.1, 0.15) is 6.61 Å². The number of ether oxygens (including phenoxy) is 1. The van der Waals surface area contributed by atoms with E-state index in [0.29, 0.717) is 6.61 Å². The number of cyclic esters (lactones) is 1. The molecule has 8 heavy (non-hydrogen) atoms. The standard InChI is InChI=1S/C6H8O2/c1-2-5-3-6(7)8-4-5/h3H,2,4H2,1H3. The predicted octanol–water partition coefficient (Wildman–Crippen LogP) is 0.880. The first-order valence-electron chi connectivity index (χ1n) is 2.69. The van der Waals surface area contributed by atoms with Gasteiger partial charge in [-0.1, -0.05) is 6.92 Å². The highest BCUT2D eigenvalue weighted by atomic mass is 16.5. The van der Waals surface area contributed by atoms with Crippen LogP contribution < -0.4 is 0 Å². The zero-order valence-corrected chi connectivity index (χ0v) is 4.81. The Morgan fingerprint density at radius 1 is 1.88 bits per heavy atom. The van der Waals surface area contributed by atoms with Crippen LogP contribution in [0.1, 0.15) is 13.3 Å². The Bertz CT molecular complexity index is 135. The topological polar surface area (TPSA) is 26.3 Å². The van der Waals surface area contributed by atoms with Gasteiger partial charge in [0.05, 0.1) is 0 Å². The molecule has 1 heterocycles. The largest absolute Gasteiger partial charge is 0.458 e. The highest BCUT2D eigenvalue weighted by molar-refractivity contribution is 5.85. The Hall–Kier alpha value is -0.790. The maximum Gasteiger partial charge on any atom is 0.331 e. The van der Waals surface area contributed by atoms with Gasteiger partial charge in [0.2, 0.25) is 0 Å². The maximum absolute atomic E-state index is 10.3. The molecular weight excluding hydrogens is 104 g/mol. The van der Waals surface area contributed by atoms with Gasteiger partial charge >= 0.3 is 5.97 Å². The molecule has 2 heteroatoms. The Balaban J connectivity index is 2.57. The van der Waals surface area contributed by atoms with Crippen LogP contribution in [0.25, 0.3) is 0 Å². The first kappa shape index (κ1) is 5.35. The molecule has 0 amide bonds. The minimum atomic E-state index is -0.193. The second-order valence-corrected chi connectivity index (χ2v) is 1.76. The third-order valence-electron chi connectivity index (χ3n) is 1.18. The summed E-state index contributed by atoms with van der Waals surface area (Å²) >= 11 is 0. The van der Waals surface area contributed by atoms with Gasteiger partial charge in [-0.2, -0.15) is 0 Å². The van der Waals surface area contributed by atoms with Crippen LogP contribution in [0, 0.1) is 0 Å². The average Bonchev–Trinajstić information content (AvgIpc) is 2.14. The average molecular weight is 112 g/mol. The molecule has 1 aliphatic heterocycles. The number of esters is 1. The summed E-state index contributed by atoms with van der Waals surface area (Å²) in [5.74, 6) is -0.193. The van der Waals surface area contributed by atoms with E-state index in [1.807, 2.05) is 6.92 Å². The summed E-state index contributed by atoms with van der Waals surface area (Å²) in [7, 11) is 0. The van der Waals surface area contributed by atoms with Gasteiger partial charge in [-0.3, -0.25) is 0 Å². The van der Waals surface area contributed by atoms with Crippen LogP contribution in [-0.4, -0.2) is 12.6 Å². The lowest BCUT2D eigenvalue weighted by Crippen LogP contribution is -1.90. The monoisotopic (exact) mass is 112 g/mol. The third-order valence-corrected chi connectivity index (χ3v) is 1.18. The lowest BCUT2D eigenvalue weighted by atomic mass is 10.2. The predicted molar refractivity (Wildman–Crippen MR) is 29.3 cm³/mol. The van der Waals surface area contributed by atoms with Crippen molar-refractivity contribution in [3.05, 3.63) is 11.6 Å². The van der Waals surface area contributed by atoms with Crippen LogP contribution in [0.4, 0.5) is 0 Å². The van der Waals surface area contributed by atoms with Crippen LogP contribution in [-0.2, 0) is 9.53 Å². The van der Waals surface area contributed by atoms with E-state index in [2.05, 4.69) is 4.74 Å². The van der Waals surface area contributed by atoms with Crippen LogP contribution >= 0.6 is 0 Å². The van der Waals surface area contributed by atoms with Crippen LogP contribution in [0.2, 0.25) is 0 Å². The summed E-state index contributed by atoms with van der Waals surface area (Å²) in [4.78, 5) is 10.3. The summed E-state index contributed by atoms with van der Waals surface area (Å²) in [5, 5.41) is 0. The number of hydrogen-bond acceptors (Lipinski definition) is 2. The Morgan fingerprint density at radius 3 is 2.88 bits per heavy atom. The number of rotatable bonds is 1. The van der Waals surface area contributed by atoms with E-state index in [1.165, 1.54) is 0 Å². The van der Waals surface area contributed by atoms with E-state index < -0.39 is 0 Å². The van der Waals surface area contributed by atoms with Gasteiger partial charge in [-0.15, -0.1) is 0 Å². The molecule has 0 atom stereocenters. The Morgan fingerprint density at radius 2 is 2.62 bits per heavy atom. The van der Waals surface area contributed by atoms with Gasteiger partial charge in [-0.25, -0.2) is 4.79 Å². The molecule has 0 fully saturated rings. The van der Waals surface area contributed by atoms with Gasteiger partial charge in [-0.05, 0) is 12.0 Å². The maximum atomic E-state index is 10.3. The van der Waals surface area contributed by atoms with E-state index >= 15 is 0 Å². The summed E-state index contributed by atoms with van der Waals surface area (Å²) in [6.45, 7) is 2.52. The van der Waals surface area contributed by atoms with Crippen molar-refractivity contribution in [1.29, 1.82) is 0 Å². The van der Waals surface area contributed by atoms with Crippen molar-refractivity contribution < 1.29 is 9.53 Å². The number of carbonyl (C=O) groups is 1. The molecule has 0 aromatic rings. The molecule has 0 N–H and O–H groups in total. The molecule has 0 aliphatic carbocycles. The third kappa shape index (κ3) is 0.886. The number of hydrogen-bond donors (Lipinski definition) is 0. The van der Waals surface area contributed by atoms with Crippen LogP contribution in [0.15, 0.2) is 11.6 Å². The Kier molecular flexibility index (Phi) is 1.33. The molecule has 44 valence electrons. The minimum Gasteiger partial charge on any atom is -0.458 e. The van der Waals surface area contributed by atoms with Crippen molar-refractivity contribution in [1.82, 2.24) is 0 Å². The molecule has 0 spiro atoms. The fourth-order valence-electron chi connectivity index (χ4n) is 0.618. The molecule has 0 aromatic carbocycles. The van der Waals surface area contributed by atoms with Crippen molar-refractivity contribution in [3.63, 3.8) is 0 Å². The summed E-state index contributed by atoms with van der Waals surface area (Å²) in [6.07, 6.45) is 2.48. The van der Waals surface area contributed by atoms with Gasteiger partial charge in [0.15, 0.2) is 0 Å². The first-order valence-corrected chi connectivity index (χ1v) is 2.69. The molecule has 1 rings (SSSR count). The lowest BCUT2D eigenvalue weighted by Gasteiger charge is -1.89. The molecule has 0 unspecified atom stereocenters. The first-order chi connectivity index (χ1) is 3.83. The highest BCUT2D eigenvalue weighted by Gasteiger charge is 2.09. The van der Waals surface area contributed by atoms with E-state index in [4.69, 9.17) is 0 Å². The van der Waals surface area contributed by atoms with Gasteiger partial charge in [0, 0.05) is 6.08 Å². The van der Waals surface area contributed by atoms with Crippen molar-refractivity contribution in [2.24, 2.45) is 0 Å². The Labute approximate surface area is 48.1 Å². The minimum absolute atomic E-state index is 0.193. The quantitative estimate of drug-likeness (QED) is 0.471. The number of carbonyl (C=O) groups excluding carboxylic acids is 1. The van der Waals surface area contributed by atoms with Crippen LogP contribution in [0.3, 0.4) is 0 Å². The molecule has 0 saturated heterocycles. The molecule has 0 radical (unpaired) electrons. The highest BCUT2D eigenvalue weighted by Crippen LogP contribution is 2.07. The second-order valence-electron chi connectivity index (χ2n) is 1.76. The smallest absolute Gasteiger partial charge is 0.331 e. The summed E-state index contributed by atoms with van der Waals surface area (Å²) in [5.41, 5.74) is 1.09. The zero-order valence-electron chi connectivity index (χ0n) is 4.81. The van der Waals surface area contributed by atoms with Crippen LogP contribution in [0.5, 0.6) is 0 Å². The summed E-state index contributed by atoms with van der Waals surface area (Å²) < 4.78 is 4.62. The fourth-order valence-corrected chi connectivity index (χ4v) is 0.618. The normalized spacial score (nSPS) is 18.1. The van der Waals surface area contributed by atoms with Crippen molar-refractivity contribution >= 4 is 5.97 Å². The molecule has 0 bridgehead atoms. The van der Waals surface area contributed by atoms with Gasteiger partial charge in [0.25, 0.3) is 0 Å². The van der Waals surface area contributed by atoms with E-state index in [9.17, 15) is 4.79 Å². The van der Waals surface area contributed by atoms with Crippen molar-refractivity contribution in [3.8, 4) is 0 Å². The molecule has 2 nitrogen and oxygen atoms in total. The van der Waals surface area contributed by atoms with Crippen molar-refractivity contribution in [2.45, 2.75) is 13.3 Å². The molecular formula is C6H8O2. The fraction of sp³-hybridized carbons (Fsp3) is 0.500. The van der Waals surface area contributed by atoms with Gasteiger partial charge < -0.3 is 4.74 Å². The molecule has 1 aliphatic rings. The van der Waals surface area contributed by atoms with E-state index in [0.717, 1.165) is 12.0 Å².